The molecule has 0 aromatic carbocycles. The number of aliphatic hydroxyl groups is 1. The van der Waals surface area contributed by atoms with Crippen molar-refractivity contribution in [3.05, 3.63) is 58.7 Å². The van der Waals surface area contributed by atoms with Gasteiger partial charge in [-0.1, -0.05) is 55.5 Å². The molecule has 0 saturated carbocycles. The molecule has 0 fully saturated rings. The summed E-state index contributed by atoms with van der Waals surface area (Å²) >= 11 is 0. The van der Waals surface area contributed by atoms with E-state index < -0.39 is 17.1 Å². The number of unbranched alkanes of at least 4 members (excludes halogenated alkanes) is 2. The minimum absolute atomic E-state index is 0.259. The van der Waals surface area contributed by atoms with Crippen molar-refractivity contribution < 1.29 is 14.8 Å². The normalized spacial score (nSPS) is 14.8. The summed E-state index contributed by atoms with van der Waals surface area (Å²) in [5, 5.41) is 20.4. The lowest BCUT2D eigenvalue weighted by molar-refractivity contribution is -0.533. The lowest BCUT2D eigenvalue weighted by Gasteiger charge is -2.12. The number of hydrogen-bond donors (Lipinski definition) is 1. The molecule has 0 aromatic heterocycles. The Morgan fingerprint density at radius 3 is 1.92 bits per heavy atom. The van der Waals surface area contributed by atoms with E-state index in [2.05, 4.69) is 30.4 Å². The van der Waals surface area contributed by atoms with Gasteiger partial charge < -0.3 is 9.90 Å². The van der Waals surface area contributed by atoms with Crippen molar-refractivity contribution in [2.75, 3.05) is 0 Å². The average Bonchev–Trinajstić information content (AvgIpc) is 2.60. The van der Waals surface area contributed by atoms with Gasteiger partial charge in [0.1, 0.15) is 12.4 Å². The largest absolute Gasteiger partial charge is 0.386 e. The van der Waals surface area contributed by atoms with Gasteiger partial charge in [-0.15, -0.1) is 0 Å². The summed E-state index contributed by atoms with van der Waals surface area (Å²) in [5.41, 5.74) is 0. The van der Waals surface area contributed by atoms with E-state index in [1.807, 2.05) is 12.2 Å². The summed E-state index contributed by atoms with van der Waals surface area (Å²) in [6.07, 6.45) is 21.8. The van der Waals surface area contributed by atoms with Gasteiger partial charge in [0.25, 0.3) is 0 Å². The van der Waals surface area contributed by atoms with Crippen LogP contribution in [-0.4, -0.2) is 28.5 Å². The lowest BCUT2D eigenvalue weighted by Crippen LogP contribution is -2.32. The molecule has 0 aliphatic rings. The molecular formula is C20H31NO4. The van der Waals surface area contributed by atoms with Gasteiger partial charge in [-0.05, 0) is 38.5 Å². The maximum atomic E-state index is 10.9. The van der Waals surface area contributed by atoms with Gasteiger partial charge in [-0.2, -0.15) is 0 Å². The predicted molar refractivity (Wildman–Crippen MR) is 102 cm³/mol. The Hall–Kier alpha value is -2.01. The SMILES string of the molecule is CCC(O)C(C/C=C\C/C=C\C/C=C\C/C=C\CCCC=O)[N+](=O)[O-]. The molecule has 0 aliphatic heterocycles. The molecule has 5 heteroatoms. The van der Waals surface area contributed by atoms with Gasteiger partial charge in [-0.3, -0.25) is 10.1 Å². The number of aldehydes is 1. The third-order valence-electron chi connectivity index (χ3n) is 3.69. The van der Waals surface area contributed by atoms with E-state index >= 15 is 0 Å². The number of carbonyl (C=O) groups excluding carboxylic acids is 1. The lowest BCUT2D eigenvalue weighted by atomic mass is 10.1. The van der Waals surface area contributed by atoms with Gasteiger partial charge >= 0.3 is 0 Å². The van der Waals surface area contributed by atoms with Gasteiger partial charge in [0.05, 0.1) is 0 Å². The molecule has 0 radical (unpaired) electrons. The van der Waals surface area contributed by atoms with Crippen LogP contribution in [0.5, 0.6) is 0 Å². The highest BCUT2D eigenvalue weighted by Crippen LogP contribution is 2.08. The second-order valence-corrected chi connectivity index (χ2v) is 5.75. The molecule has 140 valence electrons. The first kappa shape index (κ1) is 23.0. The maximum Gasteiger partial charge on any atom is 0.241 e. The Bertz CT molecular complexity index is 466. The van der Waals surface area contributed by atoms with E-state index in [0.29, 0.717) is 12.8 Å². The van der Waals surface area contributed by atoms with Crippen LogP contribution in [0.3, 0.4) is 0 Å². The zero-order valence-corrected chi connectivity index (χ0v) is 15.1. The molecule has 0 spiro atoms. The number of aliphatic hydroxyl groups excluding tert-OH is 1. The first-order chi connectivity index (χ1) is 12.1. The third kappa shape index (κ3) is 14.1. The number of nitrogens with zero attached hydrogens (tertiary/aromatic N) is 1. The molecule has 0 saturated heterocycles. The minimum Gasteiger partial charge on any atom is -0.386 e. The minimum atomic E-state index is -0.917. The topological polar surface area (TPSA) is 80.4 Å². The number of nitro groups is 1. The fourth-order valence-electron chi connectivity index (χ4n) is 2.14. The molecule has 0 aliphatic carbocycles. The highest BCUT2D eigenvalue weighted by Gasteiger charge is 2.26. The Kier molecular flexibility index (Phi) is 15.5. The summed E-state index contributed by atoms with van der Waals surface area (Å²) in [5.74, 6) is 0. The molecule has 0 aromatic rings. The highest BCUT2D eigenvalue weighted by atomic mass is 16.6. The summed E-state index contributed by atoms with van der Waals surface area (Å²) in [7, 11) is 0. The van der Waals surface area contributed by atoms with Crippen molar-refractivity contribution in [2.45, 2.75) is 70.4 Å². The molecule has 0 rings (SSSR count). The van der Waals surface area contributed by atoms with Gasteiger partial charge in [0, 0.05) is 17.8 Å². The fraction of sp³-hybridized carbons (Fsp3) is 0.550. The van der Waals surface area contributed by atoms with Gasteiger partial charge in [-0.25, -0.2) is 0 Å². The van der Waals surface area contributed by atoms with E-state index in [1.54, 1.807) is 13.0 Å². The number of carbonyl (C=O) groups is 1. The molecule has 2 atom stereocenters. The number of allylic oxidation sites excluding steroid dienone is 7. The molecule has 5 nitrogen and oxygen atoms in total. The second-order valence-electron chi connectivity index (χ2n) is 5.75. The molecule has 2 unspecified atom stereocenters. The molecule has 0 heterocycles. The van der Waals surface area contributed by atoms with Crippen LogP contribution < -0.4 is 0 Å². The summed E-state index contributed by atoms with van der Waals surface area (Å²) in [4.78, 5) is 20.6. The highest BCUT2D eigenvalue weighted by molar-refractivity contribution is 5.49. The van der Waals surface area contributed by atoms with E-state index in [0.717, 1.165) is 38.4 Å². The quantitative estimate of drug-likeness (QED) is 0.154. The molecule has 0 bridgehead atoms. The smallest absolute Gasteiger partial charge is 0.241 e. The zero-order valence-electron chi connectivity index (χ0n) is 15.1. The van der Waals surface area contributed by atoms with Crippen LogP contribution in [0.4, 0.5) is 0 Å². The standard InChI is InChI=1S/C20H31NO4/c1-2-20(23)19(21(24)25)17-15-13-11-9-7-5-3-4-6-8-10-12-14-16-18-22/h3-4,7-10,13,15,18-20,23H,2,5-6,11-12,14,16-17H2,1H3/b4-3-,9-7-,10-8-,15-13-. The van der Waals surface area contributed by atoms with Crippen LogP contribution in [-0.2, 0) is 4.79 Å². The first-order valence-electron chi connectivity index (χ1n) is 8.98. The predicted octanol–water partition coefficient (Wildman–Crippen LogP) is 4.56. The number of hydrogen-bond acceptors (Lipinski definition) is 4. The Morgan fingerprint density at radius 1 is 0.920 bits per heavy atom. The van der Waals surface area contributed by atoms with Crippen molar-refractivity contribution in [1.29, 1.82) is 0 Å². The van der Waals surface area contributed by atoms with Crippen LogP contribution in [0.1, 0.15) is 58.3 Å². The van der Waals surface area contributed by atoms with E-state index in [9.17, 15) is 20.0 Å². The molecular weight excluding hydrogens is 318 g/mol. The van der Waals surface area contributed by atoms with Crippen LogP contribution in [0.2, 0.25) is 0 Å². The fourth-order valence-corrected chi connectivity index (χ4v) is 2.14. The van der Waals surface area contributed by atoms with Crippen molar-refractivity contribution in [1.82, 2.24) is 0 Å². The zero-order chi connectivity index (χ0) is 18.8. The van der Waals surface area contributed by atoms with Gasteiger partial charge in [0.15, 0.2) is 0 Å². The third-order valence-corrected chi connectivity index (χ3v) is 3.69. The molecule has 0 amide bonds. The van der Waals surface area contributed by atoms with Crippen molar-refractivity contribution in [2.24, 2.45) is 0 Å². The molecule has 1 N–H and O–H groups in total. The Balaban J connectivity index is 3.79. The summed E-state index contributed by atoms with van der Waals surface area (Å²) in [6, 6.07) is -0.917. The van der Waals surface area contributed by atoms with Crippen molar-refractivity contribution in [3.8, 4) is 0 Å². The van der Waals surface area contributed by atoms with Gasteiger partial charge in [0.2, 0.25) is 6.04 Å². The first-order valence-corrected chi connectivity index (χ1v) is 8.98. The maximum absolute atomic E-state index is 10.9. The summed E-state index contributed by atoms with van der Waals surface area (Å²) < 4.78 is 0. The second kappa shape index (κ2) is 16.8. The summed E-state index contributed by atoms with van der Waals surface area (Å²) in [6.45, 7) is 1.74. The van der Waals surface area contributed by atoms with Crippen LogP contribution in [0.15, 0.2) is 48.6 Å². The monoisotopic (exact) mass is 349 g/mol. The number of rotatable bonds is 15. The van der Waals surface area contributed by atoms with Crippen LogP contribution in [0, 0.1) is 10.1 Å². The van der Waals surface area contributed by atoms with E-state index in [1.165, 1.54) is 0 Å². The van der Waals surface area contributed by atoms with E-state index in [-0.39, 0.29) is 6.42 Å². The van der Waals surface area contributed by atoms with Crippen molar-refractivity contribution >= 4 is 6.29 Å². The van der Waals surface area contributed by atoms with Crippen LogP contribution in [0.25, 0.3) is 0 Å². The van der Waals surface area contributed by atoms with Crippen molar-refractivity contribution in [3.63, 3.8) is 0 Å². The van der Waals surface area contributed by atoms with E-state index in [4.69, 9.17) is 0 Å². The average molecular weight is 349 g/mol. The molecule has 25 heavy (non-hydrogen) atoms. The Morgan fingerprint density at radius 2 is 1.44 bits per heavy atom. The Labute approximate surface area is 151 Å². The van der Waals surface area contributed by atoms with Crippen LogP contribution >= 0.6 is 0 Å².